The molecule has 1 aromatic heterocycles. The highest BCUT2D eigenvalue weighted by atomic mass is 16.3. The lowest BCUT2D eigenvalue weighted by Crippen LogP contribution is -2.35. The predicted molar refractivity (Wildman–Crippen MR) is 58.3 cm³/mol. The lowest BCUT2D eigenvalue weighted by Gasteiger charge is -2.25. The first-order valence-corrected chi connectivity index (χ1v) is 5.08. The molecule has 0 radical (unpaired) electrons. The summed E-state index contributed by atoms with van der Waals surface area (Å²) in [6.07, 6.45) is 4.14. The molecule has 4 heteroatoms. The van der Waals surface area contributed by atoms with Crippen LogP contribution in [0.25, 0.3) is 0 Å². The number of aromatic nitrogens is 1. The van der Waals surface area contributed by atoms with E-state index in [1.54, 1.807) is 6.20 Å². The third-order valence-electron chi connectivity index (χ3n) is 2.45. The van der Waals surface area contributed by atoms with Gasteiger partial charge in [0.1, 0.15) is 0 Å². The zero-order valence-electron chi connectivity index (χ0n) is 9.00. The van der Waals surface area contributed by atoms with E-state index < -0.39 is 0 Å². The highest BCUT2D eigenvalue weighted by Crippen LogP contribution is 2.07. The Kier molecular flexibility index (Phi) is 5.25. The molecule has 0 aliphatic carbocycles. The second-order valence-electron chi connectivity index (χ2n) is 3.63. The van der Waals surface area contributed by atoms with E-state index in [4.69, 9.17) is 10.2 Å². The number of likely N-dealkylation sites (N-methyl/N-ethyl adjacent to an activating group) is 1. The summed E-state index contributed by atoms with van der Waals surface area (Å²) in [7, 11) is 1.93. The molecule has 0 amide bonds. The summed E-state index contributed by atoms with van der Waals surface area (Å²) in [5.74, 6) is 0. The van der Waals surface area contributed by atoms with Gasteiger partial charge in [-0.2, -0.15) is 0 Å². The minimum absolute atomic E-state index is 0.00945. The molecule has 0 fully saturated rings. The van der Waals surface area contributed by atoms with Crippen molar-refractivity contribution in [3.05, 3.63) is 30.1 Å². The van der Waals surface area contributed by atoms with Crippen LogP contribution in [0.4, 0.5) is 0 Å². The van der Waals surface area contributed by atoms with Gasteiger partial charge < -0.3 is 10.2 Å². The van der Waals surface area contributed by atoms with Gasteiger partial charge in [0.05, 0.1) is 6.61 Å². The Morgan fingerprint density at radius 1 is 1.47 bits per heavy atom. The Labute approximate surface area is 90.2 Å². The minimum atomic E-state index is 0.00945. The molecule has 4 nitrogen and oxygen atoms in total. The maximum absolute atomic E-state index is 9.14. The fourth-order valence-corrected chi connectivity index (χ4v) is 1.51. The molecule has 0 aliphatic heterocycles. The molecule has 15 heavy (non-hydrogen) atoms. The van der Waals surface area contributed by atoms with Crippen molar-refractivity contribution in [3.8, 4) is 0 Å². The highest BCUT2D eigenvalue weighted by molar-refractivity contribution is 5.08. The van der Waals surface area contributed by atoms with Gasteiger partial charge in [-0.05, 0) is 25.1 Å². The first-order chi connectivity index (χ1) is 7.27. The van der Waals surface area contributed by atoms with Crippen molar-refractivity contribution < 1.29 is 10.2 Å². The van der Waals surface area contributed by atoms with Crippen LogP contribution >= 0.6 is 0 Å². The molecule has 84 valence electrons. The van der Waals surface area contributed by atoms with Crippen LogP contribution in [0.15, 0.2) is 24.5 Å². The van der Waals surface area contributed by atoms with Crippen LogP contribution in [-0.2, 0) is 6.54 Å². The Morgan fingerprint density at radius 3 is 2.80 bits per heavy atom. The van der Waals surface area contributed by atoms with Gasteiger partial charge in [-0.15, -0.1) is 0 Å². The number of hydrogen-bond acceptors (Lipinski definition) is 4. The summed E-state index contributed by atoms with van der Waals surface area (Å²) in [5, 5.41) is 18.0. The molecule has 1 aromatic rings. The summed E-state index contributed by atoms with van der Waals surface area (Å²) in [4.78, 5) is 6.05. The van der Waals surface area contributed by atoms with Crippen molar-refractivity contribution in [2.24, 2.45) is 0 Å². The van der Waals surface area contributed by atoms with E-state index in [-0.39, 0.29) is 19.3 Å². The van der Waals surface area contributed by atoms with Crippen LogP contribution < -0.4 is 0 Å². The standard InChI is InChI=1S/C11H18N2O2/c1-13(11(9-15)4-6-14)8-10-3-2-5-12-7-10/h2-3,5,7,11,14-15H,4,6,8-9H2,1H3. The van der Waals surface area contributed by atoms with Gasteiger partial charge in [-0.3, -0.25) is 9.88 Å². The van der Waals surface area contributed by atoms with Gasteiger partial charge in [0.2, 0.25) is 0 Å². The van der Waals surface area contributed by atoms with Gasteiger partial charge in [-0.25, -0.2) is 0 Å². The van der Waals surface area contributed by atoms with Crippen LogP contribution in [-0.4, -0.2) is 46.4 Å². The fraction of sp³-hybridized carbons (Fsp3) is 0.545. The Hall–Kier alpha value is -0.970. The van der Waals surface area contributed by atoms with Crippen molar-refractivity contribution in [3.63, 3.8) is 0 Å². The Morgan fingerprint density at radius 2 is 2.27 bits per heavy atom. The number of aliphatic hydroxyl groups is 2. The van der Waals surface area contributed by atoms with E-state index >= 15 is 0 Å². The number of rotatable bonds is 6. The number of hydrogen-bond donors (Lipinski definition) is 2. The molecule has 1 unspecified atom stereocenters. The van der Waals surface area contributed by atoms with E-state index in [1.807, 2.05) is 30.3 Å². The average Bonchev–Trinajstić information content (AvgIpc) is 2.27. The molecule has 1 atom stereocenters. The summed E-state index contributed by atoms with van der Waals surface area (Å²) in [6, 6.07) is 3.90. The lowest BCUT2D eigenvalue weighted by atomic mass is 10.2. The Bertz CT molecular complexity index is 267. The molecule has 1 heterocycles. The van der Waals surface area contributed by atoms with Crippen molar-refractivity contribution in [1.82, 2.24) is 9.88 Å². The van der Waals surface area contributed by atoms with E-state index in [0.717, 1.165) is 12.1 Å². The van der Waals surface area contributed by atoms with Crippen molar-refractivity contribution in [1.29, 1.82) is 0 Å². The number of aliphatic hydroxyl groups excluding tert-OH is 2. The normalized spacial score (nSPS) is 13.1. The molecule has 0 aliphatic rings. The quantitative estimate of drug-likeness (QED) is 0.707. The monoisotopic (exact) mass is 210 g/mol. The minimum Gasteiger partial charge on any atom is -0.396 e. The molecule has 2 N–H and O–H groups in total. The predicted octanol–water partition coefficient (Wildman–Crippen LogP) is 0.257. The van der Waals surface area contributed by atoms with Gasteiger partial charge in [0.25, 0.3) is 0 Å². The number of pyridine rings is 1. The first-order valence-electron chi connectivity index (χ1n) is 5.08. The second kappa shape index (κ2) is 6.50. The molecular weight excluding hydrogens is 192 g/mol. The van der Waals surface area contributed by atoms with Crippen LogP contribution in [0, 0.1) is 0 Å². The van der Waals surface area contributed by atoms with Crippen LogP contribution in [0.1, 0.15) is 12.0 Å². The summed E-state index contributed by atoms with van der Waals surface area (Å²) >= 11 is 0. The van der Waals surface area contributed by atoms with E-state index in [2.05, 4.69) is 4.98 Å². The Balaban J connectivity index is 2.50. The van der Waals surface area contributed by atoms with Crippen molar-refractivity contribution in [2.75, 3.05) is 20.3 Å². The van der Waals surface area contributed by atoms with Crippen molar-refractivity contribution >= 4 is 0 Å². The van der Waals surface area contributed by atoms with Gasteiger partial charge in [0.15, 0.2) is 0 Å². The lowest BCUT2D eigenvalue weighted by molar-refractivity contribution is 0.115. The second-order valence-corrected chi connectivity index (χ2v) is 3.63. The highest BCUT2D eigenvalue weighted by Gasteiger charge is 2.12. The summed E-state index contributed by atoms with van der Waals surface area (Å²) in [5.41, 5.74) is 1.11. The molecule has 0 bridgehead atoms. The third-order valence-corrected chi connectivity index (χ3v) is 2.45. The van der Waals surface area contributed by atoms with E-state index in [0.29, 0.717) is 6.42 Å². The SMILES string of the molecule is CN(Cc1cccnc1)C(CO)CCO. The first kappa shape index (κ1) is 12.1. The van der Waals surface area contributed by atoms with Crippen LogP contribution in [0.5, 0.6) is 0 Å². The molecule has 1 rings (SSSR count). The van der Waals surface area contributed by atoms with Crippen LogP contribution in [0.3, 0.4) is 0 Å². The zero-order chi connectivity index (χ0) is 11.1. The fourth-order valence-electron chi connectivity index (χ4n) is 1.51. The van der Waals surface area contributed by atoms with E-state index in [9.17, 15) is 0 Å². The summed E-state index contributed by atoms with van der Waals surface area (Å²) < 4.78 is 0. The van der Waals surface area contributed by atoms with Crippen molar-refractivity contribution in [2.45, 2.75) is 19.0 Å². The molecule has 0 saturated heterocycles. The third kappa shape index (κ3) is 3.95. The topological polar surface area (TPSA) is 56.6 Å². The largest absolute Gasteiger partial charge is 0.396 e. The smallest absolute Gasteiger partial charge is 0.0587 e. The summed E-state index contributed by atoms with van der Waals surface area (Å²) in [6.45, 7) is 0.902. The number of nitrogens with zero attached hydrogens (tertiary/aromatic N) is 2. The average molecular weight is 210 g/mol. The molecule has 0 spiro atoms. The molecular formula is C11H18N2O2. The molecule has 0 saturated carbocycles. The maximum Gasteiger partial charge on any atom is 0.0587 e. The zero-order valence-corrected chi connectivity index (χ0v) is 9.00. The van der Waals surface area contributed by atoms with Gasteiger partial charge in [0, 0.05) is 31.6 Å². The van der Waals surface area contributed by atoms with Crippen LogP contribution in [0.2, 0.25) is 0 Å². The maximum atomic E-state index is 9.14. The van der Waals surface area contributed by atoms with E-state index in [1.165, 1.54) is 0 Å². The molecule has 0 aromatic carbocycles. The van der Waals surface area contributed by atoms with Gasteiger partial charge in [-0.1, -0.05) is 6.07 Å². The van der Waals surface area contributed by atoms with Gasteiger partial charge >= 0.3 is 0 Å².